The molecule has 4 aromatic rings. The topological polar surface area (TPSA) is 38.7 Å². The van der Waals surface area contributed by atoms with E-state index in [1.165, 1.54) is 10.8 Å². The van der Waals surface area contributed by atoms with Crippen LogP contribution in [0.1, 0.15) is 0 Å². The Morgan fingerprint density at radius 3 is 2.09 bits per heavy atom. The van der Waals surface area contributed by atoms with E-state index < -0.39 is 0 Å². The first-order valence-corrected chi connectivity index (χ1v) is 8.37. The van der Waals surface area contributed by atoms with E-state index in [1.54, 1.807) is 6.20 Å². The second-order valence-electron chi connectivity index (χ2n) is 5.22. The molecule has 5 heteroatoms. The monoisotopic (exact) mass is 411 g/mol. The maximum absolute atomic E-state index is 4.88. The van der Waals surface area contributed by atoms with Crippen molar-refractivity contribution in [3.05, 3.63) is 51.7 Å². The van der Waals surface area contributed by atoms with Gasteiger partial charge in [-0.15, -0.1) is 0 Å². The van der Waals surface area contributed by atoms with Gasteiger partial charge in [0.25, 0.3) is 0 Å². The molecular weight excluding hydrogens is 406 g/mol. The van der Waals surface area contributed by atoms with Crippen molar-refractivity contribution < 1.29 is 0 Å². The molecule has 0 amide bonds. The summed E-state index contributed by atoms with van der Waals surface area (Å²) in [6.45, 7) is 0. The van der Waals surface area contributed by atoms with Crippen LogP contribution in [0.2, 0.25) is 0 Å². The summed E-state index contributed by atoms with van der Waals surface area (Å²) < 4.78 is 1.56. The van der Waals surface area contributed by atoms with E-state index >= 15 is 0 Å². The minimum atomic E-state index is 0.712. The van der Waals surface area contributed by atoms with Gasteiger partial charge in [-0.25, -0.2) is 15.0 Å². The van der Waals surface area contributed by atoms with Crippen LogP contribution in [-0.4, -0.2) is 15.0 Å². The highest BCUT2D eigenvalue weighted by Crippen LogP contribution is 2.46. The smallest absolute Gasteiger partial charge is 0.133 e. The first kappa shape index (κ1) is 12.7. The number of halogens is 2. The van der Waals surface area contributed by atoms with E-state index in [0.29, 0.717) is 4.60 Å². The van der Waals surface area contributed by atoms with Crippen LogP contribution in [0, 0.1) is 0 Å². The van der Waals surface area contributed by atoms with Crippen LogP contribution >= 0.6 is 31.9 Å². The number of fused-ring (bicyclic) bond motifs is 4. The molecule has 0 unspecified atom stereocenters. The minimum Gasteiger partial charge on any atom is -0.246 e. The largest absolute Gasteiger partial charge is 0.246 e. The van der Waals surface area contributed by atoms with Crippen LogP contribution in [0.5, 0.6) is 0 Å². The van der Waals surface area contributed by atoms with Crippen molar-refractivity contribution in [2.45, 2.75) is 0 Å². The third-order valence-electron chi connectivity index (χ3n) is 4.02. The summed E-state index contributed by atoms with van der Waals surface area (Å²) in [6, 6.07) is 12.6. The van der Waals surface area contributed by atoms with Gasteiger partial charge in [-0.05, 0) is 37.2 Å². The molecule has 5 rings (SSSR count). The zero-order chi connectivity index (χ0) is 14.8. The SMILES string of the molecule is Brc1cnc(Br)c2nc3c(nc12)-c1cccc2cccc-3c12. The van der Waals surface area contributed by atoms with Crippen LogP contribution in [0.15, 0.2) is 51.7 Å². The Labute approximate surface area is 142 Å². The average molecular weight is 413 g/mol. The molecule has 2 aromatic heterocycles. The normalized spacial score (nSPS) is 12.1. The summed E-state index contributed by atoms with van der Waals surface area (Å²) in [5.41, 5.74) is 5.77. The first-order chi connectivity index (χ1) is 10.7. The van der Waals surface area contributed by atoms with E-state index in [4.69, 9.17) is 9.97 Å². The Hall–Kier alpha value is -1.85. The standard InChI is InChI=1S/C17H7Br2N3/c18-11-7-20-17(19)16-15(11)21-13-9-5-1-3-8-4-2-6-10(12(8)9)14(13)22-16/h1-7H. The minimum absolute atomic E-state index is 0.712. The molecule has 0 saturated heterocycles. The number of hydrogen-bond acceptors (Lipinski definition) is 3. The van der Waals surface area contributed by atoms with Gasteiger partial charge in [0, 0.05) is 22.7 Å². The van der Waals surface area contributed by atoms with Crippen LogP contribution in [0.3, 0.4) is 0 Å². The van der Waals surface area contributed by atoms with Crippen LogP contribution in [-0.2, 0) is 0 Å². The highest BCUT2D eigenvalue weighted by Gasteiger charge is 2.25. The van der Waals surface area contributed by atoms with Gasteiger partial charge >= 0.3 is 0 Å². The number of hydrogen-bond donors (Lipinski definition) is 0. The lowest BCUT2D eigenvalue weighted by Gasteiger charge is -2.06. The quantitative estimate of drug-likeness (QED) is 0.322. The van der Waals surface area contributed by atoms with Gasteiger partial charge in [-0.2, -0.15) is 0 Å². The molecular formula is C17H7Br2N3. The summed E-state index contributed by atoms with van der Waals surface area (Å²) in [5, 5.41) is 2.45. The lowest BCUT2D eigenvalue weighted by Crippen LogP contribution is -1.93. The Bertz CT molecular complexity index is 1020. The van der Waals surface area contributed by atoms with Crippen molar-refractivity contribution >= 4 is 53.7 Å². The van der Waals surface area contributed by atoms with Gasteiger partial charge in [0.15, 0.2) is 0 Å². The molecule has 0 bridgehead atoms. The number of rotatable bonds is 0. The Morgan fingerprint density at radius 1 is 0.773 bits per heavy atom. The number of pyridine rings is 1. The molecule has 0 spiro atoms. The summed E-state index contributed by atoms with van der Waals surface area (Å²) in [7, 11) is 0. The van der Waals surface area contributed by atoms with Crippen molar-refractivity contribution in [2.75, 3.05) is 0 Å². The van der Waals surface area contributed by atoms with Crippen molar-refractivity contribution in [3.8, 4) is 22.5 Å². The molecule has 0 aliphatic heterocycles. The summed E-state index contributed by atoms with van der Waals surface area (Å²) in [6.07, 6.45) is 1.75. The zero-order valence-corrected chi connectivity index (χ0v) is 14.3. The Balaban J connectivity index is 2.01. The maximum atomic E-state index is 4.88. The van der Waals surface area contributed by atoms with E-state index in [-0.39, 0.29) is 0 Å². The molecule has 22 heavy (non-hydrogen) atoms. The molecule has 3 nitrogen and oxygen atoms in total. The molecule has 0 saturated carbocycles. The van der Waals surface area contributed by atoms with Gasteiger partial charge in [-0.1, -0.05) is 36.4 Å². The number of aromatic nitrogens is 3. The third-order valence-corrected chi connectivity index (χ3v) is 5.18. The Morgan fingerprint density at radius 2 is 1.41 bits per heavy atom. The number of benzene rings is 2. The third kappa shape index (κ3) is 1.53. The van der Waals surface area contributed by atoms with Gasteiger partial charge in [-0.3, -0.25) is 0 Å². The van der Waals surface area contributed by atoms with Crippen molar-refractivity contribution in [1.29, 1.82) is 0 Å². The molecule has 0 N–H and O–H groups in total. The van der Waals surface area contributed by atoms with Crippen LogP contribution < -0.4 is 0 Å². The molecule has 0 radical (unpaired) electrons. The summed E-state index contributed by atoms with van der Waals surface area (Å²) in [5.74, 6) is 0. The van der Waals surface area contributed by atoms with Gasteiger partial charge in [0.1, 0.15) is 15.6 Å². The van der Waals surface area contributed by atoms with E-state index in [2.05, 4.69) is 73.2 Å². The second-order valence-corrected chi connectivity index (χ2v) is 6.83. The molecule has 0 atom stereocenters. The van der Waals surface area contributed by atoms with E-state index in [9.17, 15) is 0 Å². The van der Waals surface area contributed by atoms with E-state index in [1.807, 2.05) is 0 Å². The Kier molecular flexibility index (Phi) is 2.50. The second kappa shape index (κ2) is 4.33. The lowest BCUT2D eigenvalue weighted by molar-refractivity contribution is 1.22. The molecule has 1 aliphatic carbocycles. The molecule has 0 fully saturated rings. The fourth-order valence-corrected chi connectivity index (χ4v) is 3.85. The van der Waals surface area contributed by atoms with E-state index in [0.717, 1.165) is 38.0 Å². The summed E-state index contributed by atoms with van der Waals surface area (Å²) >= 11 is 7.00. The fourth-order valence-electron chi connectivity index (χ4n) is 3.09. The molecule has 1 aliphatic rings. The van der Waals surface area contributed by atoms with Crippen LogP contribution in [0.25, 0.3) is 44.3 Å². The molecule has 104 valence electrons. The summed E-state index contributed by atoms with van der Waals surface area (Å²) in [4.78, 5) is 14.0. The van der Waals surface area contributed by atoms with Gasteiger partial charge in [0.2, 0.25) is 0 Å². The van der Waals surface area contributed by atoms with Gasteiger partial charge in [0.05, 0.1) is 15.9 Å². The number of nitrogens with zero attached hydrogens (tertiary/aromatic N) is 3. The zero-order valence-electron chi connectivity index (χ0n) is 11.1. The highest BCUT2D eigenvalue weighted by molar-refractivity contribution is 9.11. The highest BCUT2D eigenvalue weighted by atomic mass is 79.9. The average Bonchev–Trinajstić information content (AvgIpc) is 2.86. The van der Waals surface area contributed by atoms with Gasteiger partial charge < -0.3 is 0 Å². The molecule has 2 heterocycles. The van der Waals surface area contributed by atoms with Crippen molar-refractivity contribution in [1.82, 2.24) is 15.0 Å². The lowest BCUT2D eigenvalue weighted by atomic mass is 10.0. The van der Waals surface area contributed by atoms with Crippen molar-refractivity contribution in [2.24, 2.45) is 0 Å². The predicted molar refractivity (Wildman–Crippen MR) is 94.7 cm³/mol. The predicted octanol–water partition coefficient (Wildman–Crippen LogP) is 5.35. The van der Waals surface area contributed by atoms with Crippen molar-refractivity contribution in [3.63, 3.8) is 0 Å². The maximum Gasteiger partial charge on any atom is 0.133 e. The first-order valence-electron chi connectivity index (χ1n) is 6.78. The molecule has 2 aromatic carbocycles. The van der Waals surface area contributed by atoms with Crippen LogP contribution in [0.4, 0.5) is 0 Å². The fraction of sp³-hybridized carbons (Fsp3) is 0.